The Labute approximate surface area is 172 Å². The molecule has 30 heavy (non-hydrogen) atoms. The lowest BCUT2D eigenvalue weighted by molar-refractivity contribution is -0.139. The number of hydrogen-bond donors (Lipinski definition) is 2. The maximum Gasteiger partial charge on any atom is 0.341 e. The van der Waals surface area contributed by atoms with Crippen molar-refractivity contribution in [1.29, 1.82) is 0 Å². The second-order valence-electron chi connectivity index (χ2n) is 7.02. The zero-order valence-corrected chi connectivity index (χ0v) is 16.2. The van der Waals surface area contributed by atoms with Crippen LogP contribution in [0.2, 0.25) is 0 Å². The Hall–Kier alpha value is -3.87. The molecule has 3 N–H and O–H groups in total. The molecule has 0 atom stereocenters. The van der Waals surface area contributed by atoms with Crippen molar-refractivity contribution in [3.63, 3.8) is 0 Å². The van der Waals surface area contributed by atoms with Gasteiger partial charge in [0.05, 0.1) is 28.8 Å². The van der Waals surface area contributed by atoms with Crippen molar-refractivity contribution in [3.8, 4) is 5.75 Å². The first-order chi connectivity index (χ1) is 14.6. The molecule has 7 nitrogen and oxygen atoms in total. The predicted molar refractivity (Wildman–Crippen MR) is 114 cm³/mol. The second-order valence-corrected chi connectivity index (χ2v) is 7.02. The number of carboxylic acids is 1. The Morgan fingerprint density at radius 1 is 1.00 bits per heavy atom. The van der Waals surface area contributed by atoms with Crippen LogP contribution in [-0.2, 0) is 17.8 Å². The number of nitrogens with zero attached hydrogens (tertiary/aromatic N) is 2. The topological polar surface area (TPSA) is 107 Å². The number of nitrogens with two attached hydrogens (primary N) is 1. The van der Waals surface area contributed by atoms with Crippen LogP contribution in [0, 0.1) is 0 Å². The standard InChI is InChI=1S/C23H21N3O4/c24-23(29)16-9-4-10-17-21(16)22-18(12-25-13-19(22)30-14-20(27)28)26(17)11-5-8-15-6-2-1-3-7-15/h1-4,6-7,9-10,12-13H,5,8,11,14H2,(H2,24,29)(H,27,28). The van der Waals surface area contributed by atoms with E-state index in [0.29, 0.717) is 28.6 Å². The molecule has 0 aliphatic carbocycles. The van der Waals surface area contributed by atoms with Gasteiger partial charge in [-0.1, -0.05) is 36.4 Å². The van der Waals surface area contributed by atoms with Gasteiger partial charge < -0.3 is 20.1 Å². The summed E-state index contributed by atoms with van der Waals surface area (Å²) >= 11 is 0. The molecular formula is C23H21N3O4. The number of rotatable bonds is 8. The average Bonchev–Trinajstić information content (AvgIpc) is 3.07. The molecule has 0 radical (unpaired) electrons. The normalized spacial score (nSPS) is 11.1. The van der Waals surface area contributed by atoms with Crippen molar-refractivity contribution >= 4 is 33.7 Å². The van der Waals surface area contributed by atoms with Gasteiger partial charge in [-0.3, -0.25) is 9.78 Å². The van der Waals surface area contributed by atoms with Gasteiger partial charge in [0.15, 0.2) is 6.61 Å². The molecule has 0 spiro atoms. The quantitative estimate of drug-likeness (QED) is 0.469. The summed E-state index contributed by atoms with van der Waals surface area (Å²) in [7, 11) is 0. The minimum Gasteiger partial charge on any atom is -0.480 e. The van der Waals surface area contributed by atoms with Gasteiger partial charge >= 0.3 is 5.97 Å². The van der Waals surface area contributed by atoms with Crippen molar-refractivity contribution in [2.75, 3.05) is 6.61 Å². The number of hydrogen-bond acceptors (Lipinski definition) is 4. The fourth-order valence-electron chi connectivity index (χ4n) is 3.83. The van der Waals surface area contributed by atoms with E-state index in [2.05, 4.69) is 21.7 Å². The van der Waals surface area contributed by atoms with E-state index < -0.39 is 18.5 Å². The summed E-state index contributed by atoms with van der Waals surface area (Å²) in [4.78, 5) is 27.3. The molecule has 1 amide bonds. The third kappa shape index (κ3) is 3.69. The molecule has 2 heterocycles. The van der Waals surface area contributed by atoms with Crippen LogP contribution in [0.4, 0.5) is 0 Å². The fraction of sp³-hybridized carbons (Fsp3) is 0.174. The molecule has 0 saturated heterocycles. The maximum absolute atomic E-state index is 12.1. The van der Waals surface area contributed by atoms with E-state index >= 15 is 0 Å². The highest BCUT2D eigenvalue weighted by molar-refractivity contribution is 6.19. The molecule has 2 aromatic carbocycles. The maximum atomic E-state index is 12.1. The largest absolute Gasteiger partial charge is 0.480 e. The van der Waals surface area contributed by atoms with Gasteiger partial charge in [0.25, 0.3) is 0 Å². The van der Waals surface area contributed by atoms with Crippen LogP contribution in [0.1, 0.15) is 22.3 Å². The number of aromatic nitrogens is 2. The van der Waals surface area contributed by atoms with Gasteiger partial charge in [-0.25, -0.2) is 4.79 Å². The Morgan fingerprint density at radius 2 is 1.80 bits per heavy atom. The predicted octanol–water partition coefficient (Wildman–Crippen LogP) is 3.38. The summed E-state index contributed by atoms with van der Waals surface area (Å²) in [5, 5.41) is 10.3. The number of ether oxygens (including phenoxy) is 1. The highest BCUT2D eigenvalue weighted by Gasteiger charge is 2.20. The smallest absolute Gasteiger partial charge is 0.341 e. The van der Waals surface area contributed by atoms with Gasteiger partial charge in [-0.15, -0.1) is 0 Å². The van der Waals surface area contributed by atoms with Crippen molar-refractivity contribution < 1.29 is 19.4 Å². The van der Waals surface area contributed by atoms with Crippen LogP contribution in [0.25, 0.3) is 21.8 Å². The van der Waals surface area contributed by atoms with Crippen LogP contribution >= 0.6 is 0 Å². The molecule has 4 aromatic rings. The summed E-state index contributed by atoms with van der Waals surface area (Å²) in [5.41, 5.74) is 8.85. The number of fused-ring (bicyclic) bond motifs is 3. The molecular weight excluding hydrogens is 382 g/mol. The van der Waals surface area contributed by atoms with E-state index in [4.69, 9.17) is 15.6 Å². The lowest BCUT2D eigenvalue weighted by Gasteiger charge is -2.08. The van der Waals surface area contributed by atoms with E-state index in [0.717, 1.165) is 23.9 Å². The fourth-order valence-corrected chi connectivity index (χ4v) is 3.83. The first kappa shape index (κ1) is 19.4. The van der Waals surface area contributed by atoms with E-state index in [-0.39, 0.29) is 0 Å². The van der Waals surface area contributed by atoms with Crippen LogP contribution in [0.5, 0.6) is 5.75 Å². The van der Waals surface area contributed by atoms with Crippen molar-refractivity contribution in [1.82, 2.24) is 9.55 Å². The zero-order valence-electron chi connectivity index (χ0n) is 16.2. The molecule has 7 heteroatoms. The Bertz CT molecular complexity index is 1230. The summed E-state index contributed by atoms with van der Waals surface area (Å²) < 4.78 is 7.57. The number of carboxylic acid groups (broad SMARTS) is 1. The molecule has 0 fully saturated rings. The average molecular weight is 403 g/mol. The van der Waals surface area contributed by atoms with Gasteiger partial charge in [0, 0.05) is 17.5 Å². The third-order valence-corrected chi connectivity index (χ3v) is 5.07. The van der Waals surface area contributed by atoms with Crippen LogP contribution < -0.4 is 10.5 Å². The minimum absolute atomic E-state index is 0.315. The molecule has 0 unspecified atom stereocenters. The molecule has 0 bridgehead atoms. The first-order valence-corrected chi connectivity index (χ1v) is 9.63. The lowest BCUT2D eigenvalue weighted by Crippen LogP contribution is -2.11. The van der Waals surface area contributed by atoms with Crippen molar-refractivity contribution in [3.05, 3.63) is 72.1 Å². The number of carbonyl (C=O) groups is 2. The number of aliphatic carboxylic acids is 1. The van der Waals surface area contributed by atoms with Crippen LogP contribution in [-0.4, -0.2) is 33.1 Å². The summed E-state index contributed by atoms with van der Waals surface area (Å²) in [5.74, 6) is -1.32. The van der Waals surface area contributed by atoms with Gasteiger partial charge in [0.1, 0.15) is 5.75 Å². The molecule has 4 rings (SSSR count). The van der Waals surface area contributed by atoms with Gasteiger partial charge in [0.2, 0.25) is 5.91 Å². The van der Waals surface area contributed by atoms with E-state index in [1.165, 1.54) is 11.8 Å². The number of aryl methyl sites for hydroxylation is 2. The van der Waals surface area contributed by atoms with Crippen LogP contribution in [0.15, 0.2) is 60.9 Å². The Balaban J connectivity index is 1.82. The summed E-state index contributed by atoms with van der Waals surface area (Å²) in [6.07, 6.45) is 4.96. The lowest BCUT2D eigenvalue weighted by atomic mass is 10.1. The van der Waals surface area contributed by atoms with Crippen LogP contribution in [0.3, 0.4) is 0 Å². The number of pyridine rings is 1. The summed E-state index contributed by atoms with van der Waals surface area (Å²) in [6.45, 7) is 0.196. The van der Waals surface area contributed by atoms with Gasteiger partial charge in [-0.2, -0.15) is 0 Å². The minimum atomic E-state index is -1.09. The monoisotopic (exact) mass is 403 g/mol. The molecule has 0 saturated carbocycles. The first-order valence-electron chi connectivity index (χ1n) is 9.63. The highest BCUT2D eigenvalue weighted by atomic mass is 16.5. The molecule has 2 aromatic heterocycles. The van der Waals surface area contributed by atoms with E-state index in [9.17, 15) is 9.59 Å². The molecule has 0 aliphatic heterocycles. The number of amides is 1. The SMILES string of the molecule is NC(=O)c1cccc2c1c1c(OCC(=O)O)cncc1n2CCCc1ccccc1. The third-order valence-electron chi connectivity index (χ3n) is 5.07. The van der Waals surface area contributed by atoms with E-state index in [1.807, 2.05) is 24.3 Å². The number of primary amides is 1. The summed E-state index contributed by atoms with van der Waals surface area (Å²) in [6, 6.07) is 15.6. The zero-order chi connectivity index (χ0) is 21.1. The number of carbonyl (C=O) groups excluding carboxylic acids is 1. The second kappa shape index (κ2) is 8.24. The Kier molecular flexibility index (Phi) is 5.34. The number of benzene rings is 2. The van der Waals surface area contributed by atoms with E-state index in [1.54, 1.807) is 18.3 Å². The van der Waals surface area contributed by atoms with Crippen molar-refractivity contribution in [2.45, 2.75) is 19.4 Å². The highest BCUT2D eigenvalue weighted by Crippen LogP contribution is 2.37. The molecule has 152 valence electrons. The van der Waals surface area contributed by atoms with Crippen molar-refractivity contribution in [2.24, 2.45) is 5.73 Å². The molecule has 0 aliphatic rings. The van der Waals surface area contributed by atoms with Gasteiger partial charge in [-0.05, 0) is 30.5 Å². The Morgan fingerprint density at radius 3 is 2.53 bits per heavy atom.